The molecular weight excluding hydrogens is 216 g/mol. The van der Waals surface area contributed by atoms with E-state index in [1.54, 1.807) is 6.92 Å². The van der Waals surface area contributed by atoms with Crippen LogP contribution < -0.4 is 0 Å². The fourth-order valence-corrected chi connectivity index (χ4v) is 1.51. The summed E-state index contributed by atoms with van der Waals surface area (Å²) in [6.45, 7) is 3.76. The molecule has 0 aliphatic heterocycles. The van der Waals surface area contributed by atoms with Crippen LogP contribution in [0.15, 0.2) is 12.2 Å². The monoisotopic (exact) mass is 242 g/mol. The average Bonchev–Trinajstić information content (AvgIpc) is 2.30. The summed E-state index contributed by atoms with van der Waals surface area (Å²) in [4.78, 5) is 11.2. The quantitative estimate of drug-likeness (QED) is 0.363. The highest BCUT2D eigenvalue weighted by molar-refractivity contribution is 5.69. The zero-order chi connectivity index (χ0) is 12.9. The van der Waals surface area contributed by atoms with E-state index in [-0.39, 0.29) is 12.6 Å². The molecule has 17 heavy (non-hydrogen) atoms. The van der Waals surface area contributed by atoms with E-state index in [1.165, 1.54) is 19.3 Å². The van der Waals surface area contributed by atoms with E-state index in [2.05, 4.69) is 12.2 Å². The van der Waals surface area contributed by atoms with Crippen molar-refractivity contribution >= 4 is 5.97 Å². The molecule has 0 aromatic rings. The second-order valence-electron chi connectivity index (χ2n) is 4.41. The van der Waals surface area contributed by atoms with Crippen molar-refractivity contribution in [1.82, 2.24) is 0 Å². The molecule has 0 bridgehead atoms. The molecule has 0 aromatic carbocycles. The fourth-order valence-electron chi connectivity index (χ4n) is 1.51. The minimum absolute atomic E-state index is 0.113. The van der Waals surface area contributed by atoms with Crippen LogP contribution in [-0.2, 0) is 9.53 Å². The van der Waals surface area contributed by atoms with Crippen molar-refractivity contribution < 1.29 is 14.6 Å². The van der Waals surface area contributed by atoms with Gasteiger partial charge in [-0.25, -0.2) is 0 Å². The number of ether oxygens (including phenoxy) is 1. The van der Waals surface area contributed by atoms with Gasteiger partial charge in [0.25, 0.3) is 0 Å². The van der Waals surface area contributed by atoms with Crippen LogP contribution >= 0.6 is 0 Å². The van der Waals surface area contributed by atoms with E-state index in [0.29, 0.717) is 6.42 Å². The first-order chi connectivity index (χ1) is 8.16. The Morgan fingerprint density at radius 3 is 2.53 bits per heavy atom. The molecule has 0 aliphatic carbocycles. The van der Waals surface area contributed by atoms with Crippen molar-refractivity contribution in [3.05, 3.63) is 12.2 Å². The summed E-state index contributed by atoms with van der Waals surface area (Å²) < 4.78 is 4.87. The van der Waals surface area contributed by atoms with Gasteiger partial charge in [-0.05, 0) is 33.1 Å². The summed E-state index contributed by atoms with van der Waals surface area (Å²) in [5.41, 5.74) is 0. The Hall–Kier alpha value is -0.830. The van der Waals surface area contributed by atoms with E-state index in [0.717, 1.165) is 19.3 Å². The molecule has 3 nitrogen and oxygen atoms in total. The zero-order valence-electron chi connectivity index (χ0n) is 11.2. The van der Waals surface area contributed by atoms with Gasteiger partial charge in [-0.2, -0.15) is 0 Å². The molecule has 3 heteroatoms. The Bertz CT molecular complexity index is 210. The Kier molecular flexibility index (Phi) is 11.1. The molecular formula is C14H26O3. The minimum Gasteiger partial charge on any atom is -0.463 e. The SMILES string of the molecule is C/C=C/CCCCCCCC(=O)OCC(C)O. The van der Waals surface area contributed by atoms with Crippen LogP contribution in [0, 0.1) is 0 Å². The smallest absolute Gasteiger partial charge is 0.305 e. The van der Waals surface area contributed by atoms with Crippen molar-refractivity contribution in [2.45, 2.75) is 64.9 Å². The second-order valence-corrected chi connectivity index (χ2v) is 4.41. The summed E-state index contributed by atoms with van der Waals surface area (Å²) >= 11 is 0. The molecule has 0 rings (SSSR count). The molecule has 0 aromatic heterocycles. The molecule has 1 N–H and O–H groups in total. The van der Waals surface area contributed by atoms with Crippen LogP contribution in [-0.4, -0.2) is 23.8 Å². The number of hydrogen-bond donors (Lipinski definition) is 1. The third-order valence-corrected chi connectivity index (χ3v) is 2.47. The van der Waals surface area contributed by atoms with Gasteiger partial charge in [0.2, 0.25) is 0 Å². The molecule has 0 fully saturated rings. The third kappa shape index (κ3) is 13.1. The summed E-state index contributed by atoms with van der Waals surface area (Å²) in [7, 11) is 0. The number of hydrogen-bond acceptors (Lipinski definition) is 3. The van der Waals surface area contributed by atoms with E-state index >= 15 is 0 Å². The van der Waals surface area contributed by atoms with E-state index in [1.807, 2.05) is 6.92 Å². The number of esters is 1. The lowest BCUT2D eigenvalue weighted by Gasteiger charge is -2.06. The van der Waals surface area contributed by atoms with E-state index in [9.17, 15) is 4.79 Å². The molecule has 1 unspecified atom stereocenters. The number of rotatable bonds is 10. The van der Waals surface area contributed by atoms with Gasteiger partial charge >= 0.3 is 5.97 Å². The maximum Gasteiger partial charge on any atom is 0.305 e. The fraction of sp³-hybridized carbons (Fsp3) is 0.786. The highest BCUT2D eigenvalue weighted by Crippen LogP contribution is 2.08. The van der Waals surface area contributed by atoms with Gasteiger partial charge in [-0.15, -0.1) is 0 Å². The van der Waals surface area contributed by atoms with Crippen LogP contribution in [0.1, 0.15) is 58.8 Å². The van der Waals surface area contributed by atoms with E-state index in [4.69, 9.17) is 9.84 Å². The third-order valence-electron chi connectivity index (χ3n) is 2.47. The van der Waals surface area contributed by atoms with Crippen LogP contribution in [0.25, 0.3) is 0 Å². The first-order valence-electron chi connectivity index (χ1n) is 6.61. The predicted octanol–water partition coefficient (Wildman–Crippen LogP) is 3.22. The average molecular weight is 242 g/mol. The molecule has 1 atom stereocenters. The Balaban J connectivity index is 3.19. The number of allylic oxidation sites excluding steroid dienone is 2. The minimum atomic E-state index is -0.564. The lowest BCUT2D eigenvalue weighted by molar-refractivity contribution is -0.146. The molecule has 0 spiro atoms. The molecule has 0 radical (unpaired) electrons. The van der Waals surface area contributed by atoms with Gasteiger partial charge in [0.1, 0.15) is 6.61 Å². The lowest BCUT2D eigenvalue weighted by atomic mass is 10.1. The summed E-state index contributed by atoms with van der Waals surface area (Å²) in [6.07, 6.45) is 11.0. The molecule has 0 saturated heterocycles. The number of carbonyl (C=O) groups excluding carboxylic acids is 1. The molecule has 0 aliphatic rings. The van der Waals surface area contributed by atoms with Gasteiger partial charge in [0.05, 0.1) is 6.10 Å². The highest BCUT2D eigenvalue weighted by atomic mass is 16.5. The van der Waals surface area contributed by atoms with Crippen LogP contribution in [0.2, 0.25) is 0 Å². The first-order valence-corrected chi connectivity index (χ1v) is 6.61. The van der Waals surface area contributed by atoms with Crippen molar-refractivity contribution in [1.29, 1.82) is 0 Å². The molecule has 0 heterocycles. The van der Waals surface area contributed by atoms with E-state index < -0.39 is 6.10 Å². The summed E-state index contributed by atoms with van der Waals surface area (Å²) in [5.74, 6) is -0.195. The van der Waals surface area contributed by atoms with Gasteiger partial charge < -0.3 is 9.84 Å². The maximum absolute atomic E-state index is 11.2. The Morgan fingerprint density at radius 1 is 1.24 bits per heavy atom. The Labute approximate surface area is 105 Å². The van der Waals surface area contributed by atoms with Crippen LogP contribution in [0.5, 0.6) is 0 Å². The van der Waals surface area contributed by atoms with Crippen molar-refractivity contribution in [2.24, 2.45) is 0 Å². The second kappa shape index (κ2) is 11.6. The van der Waals surface area contributed by atoms with Gasteiger partial charge in [-0.3, -0.25) is 4.79 Å². The van der Waals surface area contributed by atoms with Gasteiger partial charge in [0.15, 0.2) is 0 Å². The number of aliphatic hydroxyl groups is 1. The number of unbranched alkanes of at least 4 members (excludes halogenated alkanes) is 5. The normalized spacial score (nSPS) is 12.9. The summed E-state index contributed by atoms with van der Waals surface area (Å²) in [5, 5.41) is 8.93. The van der Waals surface area contributed by atoms with Crippen molar-refractivity contribution in [3.63, 3.8) is 0 Å². The maximum atomic E-state index is 11.2. The van der Waals surface area contributed by atoms with Crippen molar-refractivity contribution in [3.8, 4) is 0 Å². The van der Waals surface area contributed by atoms with Crippen LogP contribution in [0.4, 0.5) is 0 Å². The predicted molar refractivity (Wildman–Crippen MR) is 69.8 cm³/mol. The molecule has 100 valence electrons. The first kappa shape index (κ1) is 16.2. The molecule has 0 saturated carbocycles. The number of aliphatic hydroxyl groups excluding tert-OH is 1. The zero-order valence-corrected chi connectivity index (χ0v) is 11.2. The van der Waals surface area contributed by atoms with Crippen LogP contribution in [0.3, 0.4) is 0 Å². The Morgan fingerprint density at radius 2 is 1.88 bits per heavy atom. The summed E-state index contributed by atoms with van der Waals surface area (Å²) in [6, 6.07) is 0. The van der Waals surface area contributed by atoms with Gasteiger partial charge in [-0.1, -0.05) is 31.4 Å². The largest absolute Gasteiger partial charge is 0.463 e. The standard InChI is InChI=1S/C14H26O3/c1-3-4-5-6-7-8-9-10-11-14(16)17-12-13(2)15/h3-4,13,15H,5-12H2,1-2H3/b4-3+. The van der Waals surface area contributed by atoms with Crippen molar-refractivity contribution in [2.75, 3.05) is 6.61 Å². The molecule has 0 amide bonds. The topological polar surface area (TPSA) is 46.5 Å². The highest BCUT2D eigenvalue weighted by Gasteiger charge is 2.04. The number of carbonyl (C=O) groups is 1. The van der Waals surface area contributed by atoms with Gasteiger partial charge in [0, 0.05) is 6.42 Å². The lowest BCUT2D eigenvalue weighted by Crippen LogP contribution is -2.14.